The van der Waals surface area contributed by atoms with Gasteiger partial charge in [-0.3, -0.25) is 14.2 Å². The van der Waals surface area contributed by atoms with Crippen LogP contribution in [0.2, 0.25) is 0 Å². The molecule has 0 aliphatic heterocycles. The number of carbonyl (C=O) groups excluding carboxylic acids is 2. The first-order chi connectivity index (χ1) is 13.0. The molecule has 0 saturated heterocycles. The number of nitrogens with two attached hydrogens (primary N) is 1. The maximum absolute atomic E-state index is 13.2. The van der Waals surface area contributed by atoms with Crippen LogP contribution in [0.5, 0.6) is 0 Å². The molecule has 27 heavy (non-hydrogen) atoms. The normalized spacial score (nSPS) is 17.7. The summed E-state index contributed by atoms with van der Waals surface area (Å²) in [5, 5.41) is 10.1. The van der Waals surface area contributed by atoms with Crippen molar-refractivity contribution in [1.82, 2.24) is 14.1 Å². The lowest BCUT2D eigenvalue weighted by atomic mass is 9.84. The third-order valence-electron chi connectivity index (χ3n) is 5.41. The first-order valence-corrected chi connectivity index (χ1v) is 9.05. The maximum Gasteiger partial charge on any atom is 0.251 e. The van der Waals surface area contributed by atoms with Gasteiger partial charge in [-0.1, -0.05) is 18.2 Å². The van der Waals surface area contributed by atoms with Crippen molar-refractivity contribution >= 4 is 22.6 Å². The Morgan fingerprint density at radius 2 is 2.15 bits per heavy atom. The number of rotatable bonds is 4. The Bertz CT molecular complexity index is 1030. The number of fused-ring (bicyclic) bond motifs is 2. The van der Waals surface area contributed by atoms with Crippen LogP contribution in [-0.4, -0.2) is 43.6 Å². The largest absolute Gasteiger partial charge is 0.394 e. The van der Waals surface area contributed by atoms with Gasteiger partial charge in [-0.2, -0.15) is 0 Å². The molecule has 0 radical (unpaired) electrons. The number of nitrogens with zero attached hydrogens (tertiary/aromatic N) is 3. The van der Waals surface area contributed by atoms with Crippen LogP contribution in [0.3, 0.4) is 0 Å². The molecule has 140 valence electrons. The van der Waals surface area contributed by atoms with E-state index in [-0.39, 0.29) is 17.6 Å². The zero-order valence-corrected chi connectivity index (χ0v) is 15.1. The van der Waals surface area contributed by atoms with Crippen molar-refractivity contribution in [1.29, 1.82) is 0 Å². The molecule has 2 aromatic heterocycles. The highest BCUT2D eigenvalue weighted by Crippen LogP contribution is 2.30. The molecule has 3 aromatic rings. The average molecular weight is 366 g/mol. The smallest absolute Gasteiger partial charge is 0.251 e. The second kappa shape index (κ2) is 6.75. The van der Waals surface area contributed by atoms with Crippen LogP contribution in [0.1, 0.15) is 33.0 Å². The van der Waals surface area contributed by atoms with Gasteiger partial charge in [-0.15, -0.1) is 0 Å². The summed E-state index contributed by atoms with van der Waals surface area (Å²) >= 11 is 0. The van der Waals surface area contributed by atoms with E-state index in [4.69, 9.17) is 10.8 Å². The summed E-state index contributed by atoms with van der Waals surface area (Å²) in [5.74, 6) is -0.413. The van der Waals surface area contributed by atoms with Crippen LogP contribution < -0.4 is 5.73 Å². The second-order valence-electron chi connectivity index (χ2n) is 7.11. The number of para-hydroxylation sites is 1. The topological polar surface area (TPSA) is 103 Å². The maximum atomic E-state index is 13.2. The number of aryl methyl sites for hydroxylation is 1. The van der Waals surface area contributed by atoms with Crippen molar-refractivity contribution in [3.8, 4) is 0 Å². The molecule has 3 N–H and O–H groups in total. The summed E-state index contributed by atoms with van der Waals surface area (Å²) in [4.78, 5) is 29.8. The fraction of sp³-hybridized carbons (Fsp3) is 0.350. The van der Waals surface area contributed by atoms with Gasteiger partial charge in [0.25, 0.3) is 5.91 Å². The number of aromatic nitrogens is 3. The average Bonchev–Trinajstić information content (AvgIpc) is 3.27. The Morgan fingerprint density at radius 3 is 2.93 bits per heavy atom. The molecule has 0 unspecified atom stereocenters. The number of aliphatic hydroxyl groups is 1. The van der Waals surface area contributed by atoms with Crippen molar-refractivity contribution in [2.24, 2.45) is 18.7 Å². The number of ketones is 1. The van der Waals surface area contributed by atoms with Gasteiger partial charge in [0.05, 0.1) is 12.3 Å². The van der Waals surface area contributed by atoms with Crippen LogP contribution in [0.15, 0.2) is 36.8 Å². The van der Waals surface area contributed by atoms with Crippen LogP contribution in [0.25, 0.3) is 10.9 Å². The van der Waals surface area contributed by atoms with Crippen molar-refractivity contribution in [2.45, 2.75) is 25.3 Å². The molecule has 7 nitrogen and oxygen atoms in total. The standard InChI is InChI=1S/C20H22N4O3/c1-23-9-14(13-4-2-3-5-17(13)23)19(26)12-6-7-18-16(8-12)22-11-24(18)20(27)15(21)10-25/h2-5,9,11-12,15,25H,6-8,10,21H2,1H3/t12-,15+/m1/s1. The Hall–Kier alpha value is -2.77. The van der Waals surface area contributed by atoms with E-state index < -0.39 is 12.6 Å². The van der Waals surface area contributed by atoms with E-state index in [9.17, 15) is 9.59 Å². The first-order valence-electron chi connectivity index (χ1n) is 9.05. The summed E-state index contributed by atoms with van der Waals surface area (Å²) < 4.78 is 3.40. The van der Waals surface area contributed by atoms with E-state index in [2.05, 4.69) is 4.98 Å². The first kappa shape index (κ1) is 17.6. The van der Waals surface area contributed by atoms with Gasteiger partial charge in [0.2, 0.25) is 0 Å². The molecule has 7 heteroatoms. The van der Waals surface area contributed by atoms with E-state index in [1.54, 1.807) is 0 Å². The Kier molecular flexibility index (Phi) is 4.41. The van der Waals surface area contributed by atoms with Gasteiger partial charge in [0, 0.05) is 47.7 Å². The quantitative estimate of drug-likeness (QED) is 0.678. The third-order valence-corrected chi connectivity index (χ3v) is 5.41. The van der Waals surface area contributed by atoms with Crippen molar-refractivity contribution in [3.63, 3.8) is 0 Å². The zero-order valence-electron chi connectivity index (χ0n) is 15.1. The molecule has 1 aliphatic rings. The number of benzene rings is 1. The van der Waals surface area contributed by atoms with E-state index in [1.165, 1.54) is 10.9 Å². The fourth-order valence-corrected chi connectivity index (χ4v) is 3.92. The van der Waals surface area contributed by atoms with Crippen molar-refractivity contribution < 1.29 is 14.7 Å². The molecular weight excluding hydrogens is 344 g/mol. The van der Waals surface area contributed by atoms with E-state index >= 15 is 0 Å². The van der Waals surface area contributed by atoms with Crippen LogP contribution in [0, 0.1) is 5.92 Å². The number of Topliss-reactive ketones (excluding diaryl/α,β-unsaturated/α-hetero) is 1. The summed E-state index contributed by atoms with van der Waals surface area (Å²) in [5.41, 5.74) is 8.97. The lowest BCUT2D eigenvalue weighted by molar-refractivity contribution is 0.0837. The monoisotopic (exact) mass is 366 g/mol. The molecular formula is C20H22N4O3. The van der Waals surface area contributed by atoms with E-state index in [0.29, 0.717) is 19.3 Å². The van der Waals surface area contributed by atoms with E-state index in [0.717, 1.165) is 27.9 Å². The SMILES string of the molecule is Cn1cc(C(=O)[C@@H]2CCc3c(ncn3C(=O)[C@@H](N)CO)C2)c2ccccc21. The van der Waals surface area contributed by atoms with Gasteiger partial charge in [-0.05, 0) is 18.9 Å². The molecule has 0 fully saturated rings. The lowest BCUT2D eigenvalue weighted by Crippen LogP contribution is -2.38. The minimum Gasteiger partial charge on any atom is -0.394 e. The molecule has 1 aromatic carbocycles. The molecule has 2 heterocycles. The minimum atomic E-state index is -0.960. The predicted octanol–water partition coefficient (Wildman–Crippen LogP) is 1.32. The Morgan fingerprint density at radius 1 is 1.37 bits per heavy atom. The molecule has 1 aliphatic carbocycles. The van der Waals surface area contributed by atoms with Crippen molar-refractivity contribution in [3.05, 3.63) is 53.7 Å². The molecule has 0 amide bonds. The Labute approximate surface area is 156 Å². The highest BCUT2D eigenvalue weighted by molar-refractivity contribution is 6.09. The molecule has 0 saturated carbocycles. The van der Waals surface area contributed by atoms with Crippen molar-refractivity contribution in [2.75, 3.05) is 6.61 Å². The number of carbonyl (C=O) groups is 2. The predicted molar refractivity (Wildman–Crippen MR) is 101 cm³/mol. The minimum absolute atomic E-state index is 0.116. The summed E-state index contributed by atoms with van der Waals surface area (Å²) in [6.07, 6.45) is 5.09. The lowest BCUT2D eigenvalue weighted by Gasteiger charge is -2.21. The fourth-order valence-electron chi connectivity index (χ4n) is 3.92. The summed E-state index contributed by atoms with van der Waals surface area (Å²) in [6.45, 7) is -0.409. The van der Waals surface area contributed by atoms with Gasteiger partial charge >= 0.3 is 0 Å². The van der Waals surface area contributed by atoms with Gasteiger partial charge in [-0.25, -0.2) is 4.98 Å². The Balaban J connectivity index is 1.61. The molecule has 0 bridgehead atoms. The second-order valence-corrected chi connectivity index (χ2v) is 7.11. The van der Waals surface area contributed by atoms with Crippen LogP contribution in [-0.2, 0) is 19.9 Å². The highest BCUT2D eigenvalue weighted by atomic mass is 16.3. The number of aliphatic hydroxyl groups excluding tert-OH is 1. The van der Waals surface area contributed by atoms with Gasteiger partial charge in [0.1, 0.15) is 12.4 Å². The highest BCUT2D eigenvalue weighted by Gasteiger charge is 2.31. The zero-order chi connectivity index (χ0) is 19.1. The number of imidazole rings is 1. The summed E-state index contributed by atoms with van der Waals surface area (Å²) in [6, 6.07) is 6.92. The summed E-state index contributed by atoms with van der Waals surface area (Å²) in [7, 11) is 1.94. The molecule has 4 rings (SSSR count). The van der Waals surface area contributed by atoms with Crippen LogP contribution in [0.4, 0.5) is 0 Å². The molecule has 2 atom stereocenters. The number of hydrogen-bond acceptors (Lipinski definition) is 5. The third kappa shape index (κ3) is 2.89. The van der Waals surface area contributed by atoms with Crippen LogP contribution >= 0.6 is 0 Å². The van der Waals surface area contributed by atoms with Gasteiger partial charge in [0.15, 0.2) is 5.78 Å². The van der Waals surface area contributed by atoms with Gasteiger partial charge < -0.3 is 15.4 Å². The molecule has 0 spiro atoms. The van der Waals surface area contributed by atoms with E-state index in [1.807, 2.05) is 42.1 Å². The number of hydrogen-bond donors (Lipinski definition) is 2.